The van der Waals surface area contributed by atoms with Gasteiger partial charge in [0.1, 0.15) is 6.04 Å². The molecule has 0 unspecified atom stereocenters. The van der Waals surface area contributed by atoms with Gasteiger partial charge >= 0.3 is 11.7 Å². The molecule has 1 fully saturated rings. The fourth-order valence-electron chi connectivity index (χ4n) is 2.48. The number of carboxylic acids is 1. The number of β-lactam (4-membered cyclic amide) rings is 1. The van der Waals surface area contributed by atoms with Crippen LogP contribution in [0.25, 0.3) is 5.53 Å². The van der Waals surface area contributed by atoms with E-state index in [9.17, 15) is 19.2 Å². The molecule has 0 bridgehead atoms. The highest BCUT2D eigenvalue weighted by atomic mass is 16.4. The van der Waals surface area contributed by atoms with Crippen LogP contribution in [0.5, 0.6) is 0 Å². The Morgan fingerprint density at radius 2 is 1.92 bits per heavy atom. The molecular formula is C16H16N4O5. The van der Waals surface area contributed by atoms with Gasteiger partial charge in [0, 0.05) is 6.42 Å². The lowest BCUT2D eigenvalue weighted by Gasteiger charge is -2.37. The van der Waals surface area contributed by atoms with Crippen LogP contribution in [0.4, 0.5) is 0 Å². The molecule has 3 N–H and O–H groups in total. The first-order chi connectivity index (χ1) is 11.9. The molecule has 2 rings (SSSR count). The van der Waals surface area contributed by atoms with Crippen molar-refractivity contribution in [2.45, 2.75) is 31.3 Å². The average Bonchev–Trinajstić information content (AvgIpc) is 2.57. The number of amides is 2. The highest BCUT2D eigenvalue weighted by Gasteiger charge is 2.41. The largest absolute Gasteiger partial charge is 0.472 e. The minimum Gasteiger partial charge on any atom is -0.472 e. The van der Waals surface area contributed by atoms with Gasteiger partial charge in [0.2, 0.25) is 11.8 Å². The van der Waals surface area contributed by atoms with Crippen molar-refractivity contribution in [2.24, 2.45) is 0 Å². The molecule has 1 aliphatic rings. The summed E-state index contributed by atoms with van der Waals surface area (Å²) in [6.45, 7) is 0. The van der Waals surface area contributed by atoms with E-state index in [1.54, 1.807) is 24.3 Å². The summed E-state index contributed by atoms with van der Waals surface area (Å²) < 4.78 is 0. The van der Waals surface area contributed by atoms with E-state index in [2.05, 4.69) is 15.4 Å². The Morgan fingerprint density at radius 1 is 1.24 bits per heavy atom. The molecule has 0 aliphatic carbocycles. The fraction of sp³-hybridized carbons (Fsp3) is 0.312. The quantitative estimate of drug-likeness (QED) is 0.188. The number of nitrogens with one attached hydrogen (secondary N) is 2. The first-order valence-electron chi connectivity index (χ1n) is 7.54. The average molecular weight is 344 g/mol. The second kappa shape index (κ2) is 7.98. The van der Waals surface area contributed by atoms with Crippen LogP contribution in [0.15, 0.2) is 30.3 Å². The normalized spacial score (nSPS) is 18.3. The van der Waals surface area contributed by atoms with Gasteiger partial charge in [-0.1, -0.05) is 30.3 Å². The lowest BCUT2D eigenvalue weighted by Crippen LogP contribution is -2.69. The van der Waals surface area contributed by atoms with Crippen LogP contribution in [0, 0.1) is 0 Å². The minimum atomic E-state index is -1.63. The van der Waals surface area contributed by atoms with Crippen molar-refractivity contribution in [3.63, 3.8) is 0 Å². The highest BCUT2D eigenvalue weighted by molar-refractivity contribution is 6.61. The second-order valence-corrected chi connectivity index (χ2v) is 5.54. The smallest absolute Gasteiger partial charge is 0.441 e. The van der Waals surface area contributed by atoms with Crippen molar-refractivity contribution >= 4 is 29.3 Å². The zero-order chi connectivity index (χ0) is 18.4. The molecule has 1 aromatic rings. The Bertz CT molecular complexity index is 755. The topological polar surface area (TPSA) is 149 Å². The van der Waals surface area contributed by atoms with Crippen LogP contribution in [-0.4, -0.2) is 51.3 Å². The number of hydrogen-bond donors (Lipinski definition) is 3. The van der Waals surface area contributed by atoms with E-state index in [1.165, 1.54) is 0 Å². The maximum Gasteiger partial charge on any atom is 0.441 e. The maximum absolute atomic E-state index is 12.0. The number of carboxylic acid groups (broad SMARTS) is 1. The molecule has 1 heterocycles. The highest BCUT2D eigenvalue weighted by Crippen LogP contribution is 2.13. The number of carbonyl (C=O) groups excluding carboxylic acids is 3. The Balaban J connectivity index is 1.86. The third-order valence-electron chi connectivity index (χ3n) is 3.79. The number of aliphatic carboxylic acids is 1. The van der Waals surface area contributed by atoms with E-state index in [-0.39, 0.29) is 31.1 Å². The Morgan fingerprint density at radius 3 is 2.48 bits per heavy atom. The summed E-state index contributed by atoms with van der Waals surface area (Å²) in [6.07, 6.45) is 0.00541. The molecule has 9 nitrogen and oxygen atoms in total. The van der Waals surface area contributed by atoms with Gasteiger partial charge in [0.25, 0.3) is 5.78 Å². The van der Waals surface area contributed by atoms with Crippen LogP contribution in [0.2, 0.25) is 0 Å². The zero-order valence-electron chi connectivity index (χ0n) is 13.1. The van der Waals surface area contributed by atoms with E-state index >= 15 is 0 Å². The van der Waals surface area contributed by atoms with E-state index in [0.29, 0.717) is 0 Å². The summed E-state index contributed by atoms with van der Waals surface area (Å²) in [5, 5.41) is 13.8. The lowest BCUT2D eigenvalue weighted by atomic mass is 9.92. The number of rotatable bonds is 8. The molecule has 1 aliphatic heterocycles. The Labute approximate surface area is 142 Å². The summed E-state index contributed by atoms with van der Waals surface area (Å²) in [5.41, 5.74) is 8.36. The molecular weight excluding hydrogens is 328 g/mol. The first kappa shape index (κ1) is 18.0. The third kappa shape index (κ3) is 4.58. The number of benzene rings is 1. The summed E-state index contributed by atoms with van der Waals surface area (Å²) in [7, 11) is 0. The van der Waals surface area contributed by atoms with Crippen LogP contribution in [0.3, 0.4) is 0 Å². The second-order valence-electron chi connectivity index (χ2n) is 5.54. The number of nitrogens with zero attached hydrogens (tertiary/aromatic N) is 2. The van der Waals surface area contributed by atoms with E-state index in [1.807, 2.05) is 6.07 Å². The number of hydrogen-bond acceptors (Lipinski definition) is 4. The van der Waals surface area contributed by atoms with Crippen LogP contribution in [-0.2, 0) is 25.6 Å². The molecule has 0 radical (unpaired) electrons. The zero-order valence-corrected chi connectivity index (χ0v) is 13.1. The summed E-state index contributed by atoms with van der Waals surface area (Å²) in [4.78, 5) is 48.4. The predicted octanol–water partition coefficient (Wildman–Crippen LogP) is -0.683. The number of Topliss-reactive ketones (excluding diaryl/α,β-unsaturated/α-hetero) is 1. The van der Waals surface area contributed by atoms with Gasteiger partial charge in [-0.25, -0.2) is 4.79 Å². The summed E-state index contributed by atoms with van der Waals surface area (Å²) in [5.74, 6) is -3.18. The molecule has 9 heteroatoms. The molecule has 1 saturated heterocycles. The van der Waals surface area contributed by atoms with Crippen molar-refractivity contribution in [3.05, 3.63) is 41.4 Å². The molecule has 2 amide bonds. The Hall–Kier alpha value is -3.32. The standard InChI is InChI=1S/C16H16N4O5/c17-20-14(16(24)25)11(21)7-6-10-13(15(23)18-10)19-12(22)8-9-4-2-1-3-5-9/h1-5,10,13H,6-8H2,(H,18,23)(H,19,22)(H,24,25)/t10-,13+/m1/s1. The van der Waals surface area contributed by atoms with Crippen molar-refractivity contribution in [1.29, 1.82) is 0 Å². The predicted molar refractivity (Wildman–Crippen MR) is 84.5 cm³/mol. The Kier molecular flexibility index (Phi) is 5.75. The first-order valence-corrected chi connectivity index (χ1v) is 7.54. The van der Waals surface area contributed by atoms with Crippen LogP contribution in [0.1, 0.15) is 18.4 Å². The van der Waals surface area contributed by atoms with Crippen LogP contribution < -0.4 is 10.6 Å². The molecule has 25 heavy (non-hydrogen) atoms. The fourth-order valence-corrected chi connectivity index (χ4v) is 2.48. The number of carbonyl (C=O) groups is 4. The molecule has 130 valence electrons. The van der Waals surface area contributed by atoms with Gasteiger partial charge in [0.15, 0.2) is 0 Å². The number of ketones is 1. The van der Waals surface area contributed by atoms with Gasteiger partial charge in [-0.15, -0.1) is 0 Å². The lowest BCUT2D eigenvalue weighted by molar-refractivity contribution is -0.138. The molecule has 2 atom stereocenters. The van der Waals surface area contributed by atoms with Gasteiger partial charge < -0.3 is 21.3 Å². The molecule has 0 saturated carbocycles. The van der Waals surface area contributed by atoms with Crippen molar-refractivity contribution < 1.29 is 29.1 Å². The summed E-state index contributed by atoms with van der Waals surface area (Å²) >= 11 is 0. The summed E-state index contributed by atoms with van der Waals surface area (Å²) in [6, 6.07) is 7.75. The third-order valence-corrected chi connectivity index (χ3v) is 3.79. The minimum absolute atomic E-state index is 0.118. The monoisotopic (exact) mass is 344 g/mol. The van der Waals surface area contributed by atoms with Crippen molar-refractivity contribution in [2.75, 3.05) is 0 Å². The molecule has 0 spiro atoms. The van der Waals surface area contributed by atoms with Gasteiger partial charge in [0.05, 0.1) is 12.5 Å². The van der Waals surface area contributed by atoms with E-state index in [0.717, 1.165) is 5.56 Å². The SMILES string of the molecule is [N-]=[N+]=C(C(=O)O)C(=O)CC[C@H]1NC(=O)[C@H]1NC(=O)Cc1ccccc1. The van der Waals surface area contributed by atoms with Crippen LogP contribution >= 0.6 is 0 Å². The van der Waals surface area contributed by atoms with Gasteiger partial charge in [-0.2, -0.15) is 4.79 Å². The van der Waals surface area contributed by atoms with Crippen molar-refractivity contribution in [1.82, 2.24) is 10.6 Å². The van der Waals surface area contributed by atoms with Crippen molar-refractivity contribution in [3.8, 4) is 0 Å². The molecule has 1 aromatic carbocycles. The maximum atomic E-state index is 12.0. The van der Waals surface area contributed by atoms with E-state index in [4.69, 9.17) is 10.6 Å². The van der Waals surface area contributed by atoms with E-state index < -0.39 is 29.5 Å². The molecule has 0 aromatic heterocycles. The van der Waals surface area contributed by atoms with Gasteiger partial charge in [-0.05, 0) is 12.0 Å². The van der Waals surface area contributed by atoms with Gasteiger partial charge in [-0.3, -0.25) is 14.4 Å².